The van der Waals surface area contributed by atoms with Crippen LogP contribution in [0.3, 0.4) is 0 Å². The average molecular weight is 459 g/mol. The third-order valence-corrected chi connectivity index (χ3v) is 5.80. The van der Waals surface area contributed by atoms with Gasteiger partial charge in [0.25, 0.3) is 11.5 Å². The van der Waals surface area contributed by atoms with E-state index >= 15 is 0 Å². The number of amides is 1. The molecule has 0 unspecified atom stereocenters. The van der Waals surface area contributed by atoms with E-state index in [1.807, 2.05) is 0 Å². The van der Waals surface area contributed by atoms with Crippen LogP contribution in [0.1, 0.15) is 35.7 Å². The molecule has 0 spiro atoms. The Balaban J connectivity index is 1.50. The second-order valence-electron chi connectivity index (χ2n) is 8.18. The second-order valence-corrected chi connectivity index (χ2v) is 8.18. The smallest absolute Gasteiger partial charge is 0.274 e. The molecular formula is C21H23F2N7O3. The van der Waals surface area contributed by atoms with Crippen LogP contribution >= 0.6 is 0 Å². The third-order valence-electron chi connectivity index (χ3n) is 5.80. The van der Waals surface area contributed by atoms with Crippen molar-refractivity contribution in [1.29, 1.82) is 0 Å². The molecule has 3 aromatic rings. The molecule has 2 aliphatic rings. The molecular weight excluding hydrogens is 436 g/mol. The predicted molar refractivity (Wildman–Crippen MR) is 116 cm³/mol. The van der Waals surface area contributed by atoms with Crippen LogP contribution in [0.2, 0.25) is 0 Å². The van der Waals surface area contributed by atoms with Crippen LogP contribution in [0.25, 0.3) is 5.65 Å². The number of nitrogens with one attached hydrogen (secondary N) is 3. The number of anilines is 3. The van der Waals surface area contributed by atoms with Gasteiger partial charge < -0.3 is 25.3 Å². The lowest BCUT2D eigenvalue weighted by atomic mass is 10.1. The van der Waals surface area contributed by atoms with E-state index in [2.05, 4.69) is 26.0 Å². The van der Waals surface area contributed by atoms with Crippen molar-refractivity contribution < 1.29 is 18.3 Å². The van der Waals surface area contributed by atoms with Gasteiger partial charge >= 0.3 is 0 Å². The van der Waals surface area contributed by atoms with E-state index in [0.29, 0.717) is 25.5 Å². The molecule has 174 valence electrons. The monoisotopic (exact) mass is 459 g/mol. The number of hydrogen-bond acceptors (Lipinski definition) is 7. The molecule has 3 atom stereocenters. The number of ether oxygens (including phenoxy) is 1. The normalized spacial score (nSPS) is 22.2. The molecule has 1 saturated heterocycles. The van der Waals surface area contributed by atoms with Crippen molar-refractivity contribution in [2.45, 2.75) is 37.5 Å². The Hall–Kier alpha value is -3.54. The van der Waals surface area contributed by atoms with Crippen molar-refractivity contribution >= 4 is 28.9 Å². The lowest BCUT2D eigenvalue weighted by Gasteiger charge is -2.24. The Morgan fingerprint density at radius 2 is 2.15 bits per heavy atom. The Morgan fingerprint density at radius 3 is 2.85 bits per heavy atom. The first-order valence-electron chi connectivity index (χ1n) is 10.7. The maximum Gasteiger partial charge on any atom is 0.274 e. The van der Waals surface area contributed by atoms with Gasteiger partial charge in [-0.25, -0.2) is 13.8 Å². The van der Waals surface area contributed by atoms with Gasteiger partial charge in [-0.2, -0.15) is 9.61 Å². The summed E-state index contributed by atoms with van der Waals surface area (Å²) in [6, 6.07) is 1.93. The lowest BCUT2D eigenvalue weighted by Crippen LogP contribution is -2.31. The molecule has 12 heteroatoms. The maximum atomic E-state index is 14.4. The van der Waals surface area contributed by atoms with Crippen molar-refractivity contribution in [3.8, 4) is 0 Å². The zero-order valence-electron chi connectivity index (χ0n) is 17.8. The minimum atomic E-state index is -1.04. The molecule has 1 saturated carbocycles. The fourth-order valence-corrected chi connectivity index (χ4v) is 3.93. The number of halogens is 2. The first-order chi connectivity index (χ1) is 15.9. The summed E-state index contributed by atoms with van der Waals surface area (Å²) in [6.45, 7) is 0.961. The zero-order valence-corrected chi connectivity index (χ0v) is 17.8. The van der Waals surface area contributed by atoms with E-state index in [9.17, 15) is 18.4 Å². The molecule has 0 bridgehead atoms. The summed E-state index contributed by atoms with van der Waals surface area (Å²) in [5, 5.41) is 12.6. The number of carbonyl (C=O) groups is 1. The maximum absolute atomic E-state index is 14.4. The van der Waals surface area contributed by atoms with E-state index in [0.717, 1.165) is 12.5 Å². The first kappa shape index (κ1) is 21.3. The largest absolute Gasteiger partial charge is 0.379 e. The zero-order chi connectivity index (χ0) is 23.1. The van der Waals surface area contributed by atoms with E-state index in [1.54, 1.807) is 13.1 Å². The molecule has 1 aliphatic carbocycles. The van der Waals surface area contributed by atoms with Crippen LogP contribution in [-0.2, 0) is 4.74 Å². The summed E-state index contributed by atoms with van der Waals surface area (Å²) >= 11 is 0. The number of nitrogens with zero attached hydrogens (tertiary/aromatic N) is 4. The molecule has 5 rings (SSSR count). The topological polar surface area (TPSA) is 115 Å². The molecule has 1 aliphatic heterocycles. The SMILES string of the molecule is CNc1cc(Nc2cc(F)cn([C@@H]3CCCOC3)c2=O)nc2c(C(=O)N[C@H]3C[C@H]3F)cnn12. The van der Waals surface area contributed by atoms with Gasteiger partial charge in [0, 0.05) is 38.4 Å². The fraction of sp³-hybridized carbons (Fsp3) is 0.429. The van der Waals surface area contributed by atoms with Gasteiger partial charge in [0.15, 0.2) is 5.65 Å². The summed E-state index contributed by atoms with van der Waals surface area (Å²) in [4.78, 5) is 30.0. The standard InChI is InChI=1S/C21H23F2N7O3/c1-24-18-7-17(28-19-13(8-25-30(18)19)20(31)27-15-6-14(15)23)26-16-5-11(22)9-29(21(16)32)12-3-2-4-33-10-12/h5,7-9,12,14-15,24H,2-4,6,10H2,1H3,(H,26,28)(H,27,31)/t12-,14-,15+/m1/s1. The summed E-state index contributed by atoms with van der Waals surface area (Å²) in [7, 11) is 1.66. The van der Waals surface area contributed by atoms with Crippen LogP contribution in [0, 0.1) is 5.82 Å². The van der Waals surface area contributed by atoms with Crippen molar-refractivity contribution in [2.24, 2.45) is 0 Å². The predicted octanol–water partition coefficient (Wildman–Crippen LogP) is 2.01. The van der Waals surface area contributed by atoms with E-state index in [1.165, 1.54) is 21.5 Å². The highest BCUT2D eigenvalue weighted by atomic mass is 19.1. The molecule has 0 aromatic carbocycles. The van der Waals surface area contributed by atoms with E-state index < -0.39 is 29.5 Å². The number of pyridine rings is 1. The van der Waals surface area contributed by atoms with Crippen molar-refractivity contribution in [1.82, 2.24) is 24.5 Å². The molecule has 10 nitrogen and oxygen atoms in total. The van der Waals surface area contributed by atoms with Gasteiger partial charge in [-0.3, -0.25) is 9.59 Å². The Kier molecular flexibility index (Phi) is 5.44. The minimum absolute atomic E-state index is 0.00300. The molecule has 1 amide bonds. The summed E-state index contributed by atoms with van der Waals surface area (Å²) in [6.07, 6.45) is 3.26. The molecule has 3 N–H and O–H groups in total. The number of aromatic nitrogens is 4. The third kappa shape index (κ3) is 4.13. The van der Waals surface area contributed by atoms with Crippen molar-refractivity contribution in [3.05, 3.63) is 46.3 Å². The average Bonchev–Trinajstić information content (AvgIpc) is 3.33. The summed E-state index contributed by atoms with van der Waals surface area (Å²) in [5.41, 5.74) is -0.0439. The number of hydrogen-bond donors (Lipinski definition) is 3. The van der Waals surface area contributed by atoms with Gasteiger partial charge in [0.1, 0.15) is 34.9 Å². The van der Waals surface area contributed by atoms with Gasteiger partial charge in [-0.1, -0.05) is 0 Å². The van der Waals surface area contributed by atoms with Crippen LogP contribution in [0.4, 0.5) is 26.1 Å². The van der Waals surface area contributed by atoms with E-state index in [4.69, 9.17) is 4.74 Å². The summed E-state index contributed by atoms with van der Waals surface area (Å²) < 4.78 is 35.8. The Labute approximate surface area is 186 Å². The fourth-order valence-electron chi connectivity index (χ4n) is 3.93. The van der Waals surface area contributed by atoms with E-state index in [-0.39, 0.29) is 35.2 Å². The van der Waals surface area contributed by atoms with Gasteiger partial charge in [-0.05, 0) is 12.8 Å². The first-order valence-corrected chi connectivity index (χ1v) is 10.7. The highest BCUT2D eigenvalue weighted by Crippen LogP contribution is 2.26. The number of alkyl halides is 1. The lowest BCUT2D eigenvalue weighted by molar-refractivity contribution is 0.0577. The molecule has 0 radical (unpaired) electrons. The highest BCUT2D eigenvalue weighted by Gasteiger charge is 2.39. The minimum Gasteiger partial charge on any atom is -0.379 e. The molecule has 3 aromatic heterocycles. The van der Waals surface area contributed by atoms with Gasteiger partial charge in [0.2, 0.25) is 0 Å². The molecule has 4 heterocycles. The number of rotatable bonds is 6. The summed E-state index contributed by atoms with van der Waals surface area (Å²) in [5.74, 6) is -0.376. The van der Waals surface area contributed by atoms with Gasteiger partial charge in [-0.15, -0.1) is 0 Å². The van der Waals surface area contributed by atoms with Crippen LogP contribution in [0.5, 0.6) is 0 Å². The van der Waals surface area contributed by atoms with Crippen molar-refractivity contribution in [3.63, 3.8) is 0 Å². The number of fused-ring (bicyclic) bond motifs is 1. The Morgan fingerprint density at radius 1 is 1.33 bits per heavy atom. The quantitative estimate of drug-likeness (QED) is 0.517. The van der Waals surface area contributed by atoms with Crippen LogP contribution in [0.15, 0.2) is 29.3 Å². The van der Waals surface area contributed by atoms with Crippen LogP contribution < -0.4 is 21.5 Å². The molecule has 33 heavy (non-hydrogen) atoms. The highest BCUT2D eigenvalue weighted by molar-refractivity contribution is 6.00. The van der Waals surface area contributed by atoms with Crippen LogP contribution in [-0.4, -0.2) is 57.5 Å². The number of carbonyl (C=O) groups excluding carboxylic acids is 1. The van der Waals surface area contributed by atoms with Crippen molar-refractivity contribution in [2.75, 3.05) is 30.9 Å². The second kappa shape index (κ2) is 8.43. The molecule has 2 fully saturated rings. The van der Waals surface area contributed by atoms with Gasteiger partial charge in [0.05, 0.1) is 24.9 Å². The Bertz CT molecular complexity index is 1270.